The van der Waals surface area contributed by atoms with Crippen molar-refractivity contribution in [3.63, 3.8) is 0 Å². The first-order valence-corrected chi connectivity index (χ1v) is 45.5. The van der Waals surface area contributed by atoms with Crippen molar-refractivity contribution in [1.82, 2.24) is 116 Å². The van der Waals surface area contributed by atoms with Crippen LogP contribution in [0.5, 0.6) is 0 Å². The van der Waals surface area contributed by atoms with E-state index in [-0.39, 0.29) is 114 Å². The molecule has 0 saturated carbocycles. The van der Waals surface area contributed by atoms with Crippen LogP contribution in [0.2, 0.25) is 0 Å². The Balaban J connectivity index is 1.59. The number of guanidine groups is 3. The largest absolute Gasteiger partial charge is 0.480 e. The summed E-state index contributed by atoms with van der Waals surface area (Å²) in [6.07, 6.45) is -0.145. The van der Waals surface area contributed by atoms with Crippen molar-refractivity contribution in [2.75, 3.05) is 45.0 Å². The van der Waals surface area contributed by atoms with Gasteiger partial charge in [-0.2, -0.15) is 12.6 Å². The molecule has 0 bridgehead atoms. The molecule has 4 rings (SSSR count). The monoisotopic (exact) mass is 1970 g/mol. The van der Waals surface area contributed by atoms with Gasteiger partial charge in [0.15, 0.2) is 17.9 Å². The number of rotatable bonds is 64. The smallest absolute Gasteiger partial charge is 0.327 e. The maximum Gasteiger partial charge on any atom is 0.327 e. The number of aliphatic hydroxyl groups is 1. The number of nitrogens with two attached hydrogens (primary N) is 7. The standard InChI is InChI=1S/C85H134N32O21S/c1-7-42(2)66(81(136)105-44(4)69(124)101-38-64(121)106-52(23-15-29-97-83(90)91)71(126)112-58(33-48-36-100-51-21-12-11-20-50(48)51)78(133)117-67(46(6)118)80(135)102-39-65(122)107-53(24-16-30-98-84(92)93)72(127)115-61(40-139)82(137)138)116-79(134)60(35-63(89)120)114-77(132)59(34-49-37-96-41-103-49)113-76(131)57(32-47-18-9-8-10-19-47)111-74(129)55(25-17-31-99-85(94)95)109-75(130)56(26-27-62(88)119)110-73(128)54(22-13-14-28-86)108-70(125)45(5)104-68(123)43(3)87/h8-12,18-21,36-37,41-46,52-61,66-67,100,118,139H,7,13-17,22-35,38-40,86-87H2,1-6H3,(H2,88,119)(H2,89,120)(H,96,103)(H,101,124)(H,102,135)(H,104,123)(H,105,136)(H,106,121)(H,107,122)(H,108,125)(H,109,130)(H,110,128)(H,111,129)(H,112,126)(H,113,131)(H,114,132)(H,115,127)(H,116,134)(H,117,133)(H,137,138)(H4,90,91,97)(H4,92,93,98)(H4,94,95,99)/t42-,43-,44-,45-,46+,52-,53-,54-,55-,56-,57-,58-,59-,60-,61-,66-,67-/m0/s1. The third-order valence-electron chi connectivity index (χ3n) is 21.5. The molecular formula is C85H134N32O21S. The number of thiol groups is 1. The number of aromatic amines is 2. The van der Waals surface area contributed by atoms with Gasteiger partial charge in [-0.25, -0.2) is 9.78 Å². The first kappa shape index (κ1) is 116. The number of hydrogen-bond acceptors (Lipinski definition) is 27. The average Bonchev–Trinajstić information content (AvgIpc) is 1.71. The summed E-state index contributed by atoms with van der Waals surface area (Å²) >= 11 is 3.95. The van der Waals surface area contributed by atoms with Gasteiger partial charge in [-0.3, -0.25) is 103 Å². The predicted octanol–water partition coefficient (Wildman–Crippen LogP) is -10.2. The molecule has 17 atom stereocenters. The van der Waals surface area contributed by atoms with Gasteiger partial charge >= 0.3 is 5.97 Å². The summed E-state index contributed by atoms with van der Waals surface area (Å²) in [5.41, 5.74) is 40.7. The van der Waals surface area contributed by atoms with Crippen LogP contribution in [0.25, 0.3) is 10.9 Å². The zero-order valence-corrected chi connectivity index (χ0v) is 79.0. The number of H-pyrrole nitrogens is 2. The van der Waals surface area contributed by atoms with E-state index in [1.807, 2.05) is 0 Å². The number of para-hydroxylation sites is 1. The van der Waals surface area contributed by atoms with Gasteiger partial charge in [-0.1, -0.05) is 68.8 Å². The summed E-state index contributed by atoms with van der Waals surface area (Å²) in [5.74, 6) is -22.0. The molecule has 40 N–H and O–H groups in total. The number of amides is 18. The van der Waals surface area contributed by atoms with Crippen LogP contribution in [0.1, 0.15) is 142 Å². The fraction of sp³-hybridized carbons (Fsp3) is 0.541. The van der Waals surface area contributed by atoms with Gasteiger partial charge < -0.3 is 161 Å². The number of fused-ring (bicyclic) bond motifs is 1. The van der Waals surface area contributed by atoms with Gasteiger partial charge in [0.2, 0.25) is 106 Å². The highest BCUT2D eigenvalue weighted by Gasteiger charge is 2.40. The molecule has 0 saturated heterocycles. The van der Waals surface area contributed by atoms with E-state index in [4.69, 9.17) is 56.4 Å². The number of nitrogens with zero attached hydrogens (tertiary/aromatic N) is 1. The molecule has 0 aliphatic carbocycles. The number of carbonyl (C=O) groups is 19. The Morgan fingerprint density at radius 2 is 0.842 bits per heavy atom. The number of primary amides is 2. The Bertz CT molecular complexity index is 4870. The number of imidazole rings is 1. The van der Waals surface area contributed by atoms with E-state index in [0.29, 0.717) is 28.5 Å². The van der Waals surface area contributed by atoms with Gasteiger partial charge in [0.05, 0.1) is 43.7 Å². The summed E-state index contributed by atoms with van der Waals surface area (Å²) < 4.78 is 0. The van der Waals surface area contributed by atoms with Crippen molar-refractivity contribution < 1.29 is 101 Å². The summed E-state index contributed by atoms with van der Waals surface area (Å²) in [6, 6.07) is -8.15. The van der Waals surface area contributed by atoms with Crippen LogP contribution in [0.15, 0.2) is 73.3 Å². The average molecular weight is 1970 g/mol. The van der Waals surface area contributed by atoms with Crippen molar-refractivity contribution in [2.24, 2.45) is 46.1 Å². The lowest BCUT2D eigenvalue weighted by atomic mass is 9.97. The van der Waals surface area contributed by atoms with Crippen LogP contribution in [0, 0.1) is 22.1 Å². The molecule has 0 aliphatic rings. The molecule has 2 aromatic heterocycles. The minimum atomic E-state index is -1.92. The topological polar surface area (TPSA) is 892 Å². The first-order valence-electron chi connectivity index (χ1n) is 44.9. The lowest BCUT2D eigenvalue weighted by Crippen LogP contribution is -2.61. The highest BCUT2D eigenvalue weighted by molar-refractivity contribution is 7.80. The second-order valence-electron chi connectivity index (χ2n) is 33.0. The molecule has 53 nitrogen and oxygen atoms in total. The number of benzene rings is 2. The minimum absolute atomic E-state index is 0.00113. The highest BCUT2D eigenvalue weighted by Crippen LogP contribution is 2.21. The van der Waals surface area contributed by atoms with Crippen LogP contribution in [-0.2, 0) is 110 Å². The molecule has 766 valence electrons. The lowest BCUT2D eigenvalue weighted by Gasteiger charge is -2.29. The van der Waals surface area contributed by atoms with Gasteiger partial charge in [-0.15, -0.1) is 0 Å². The van der Waals surface area contributed by atoms with Crippen LogP contribution in [0.4, 0.5) is 0 Å². The van der Waals surface area contributed by atoms with Crippen LogP contribution < -0.4 is 141 Å². The maximum atomic E-state index is 15.0. The summed E-state index contributed by atoms with van der Waals surface area (Å²) in [7, 11) is 0. The number of aliphatic hydroxyl groups excluding tert-OH is 1. The summed E-state index contributed by atoms with van der Waals surface area (Å²) in [4.78, 5) is 273. The molecular weight excluding hydrogens is 1840 g/mol. The zero-order valence-electron chi connectivity index (χ0n) is 78.1. The number of unbranched alkanes of at least 4 members (excludes halogenated alkanes) is 1. The Morgan fingerprint density at radius 3 is 1.31 bits per heavy atom. The van der Waals surface area contributed by atoms with E-state index < -0.39 is 266 Å². The van der Waals surface area contributed by atoms with E-state index in [1.165, 1.54) is 40.2 Å². The van der Waals surface area contributed by atoms with Gasteiger partial charge in [0, 0.05) is 74.4 Å². The van der Waals surface area contributed by atoms with E-state index in [0.717, 1.165) is 6.92 Å². The molecule has 0 spiro atoms. The van der Waals surface area contributed by atoms with E-state index in [1.54, 1.807) is 67.7 Å². The van der Waals surface area contributed by atoms with Crippen molar-refractivity contribution >= 4 is 154 Å². The fourth-order valence-electron chi connectivity index (χ4n) is 13.6. The zero-order chi connectivity index (χ0) is 104. The van der Waals surface area contributed by atoms with Gasteiger partial charge in [0.25, 0.3) is 0 Å². The molecule has 0 radical (unpaired) electrons. The Hall–Kier alpha value is -14.8. The number of carboxylic acids is 1. The number of hydrogen-bond donors (Lipinski definition) is 34. The lowest BCUT2D eigenvalue weighted by molar-refractivity contribution is -0.141. The predicted molar refractivity (Wildman–Crippen MR) is 508 cm³/mol. The number of aliphatic carboxylic acids is 1. The molecule has 54 heteroatoms. The molecule has 4 aromatic rings. The normalized spacial score (nSPS) is 14.7. The van der Waals surface area contributed by atoms with Gasteiger partial charge in [0.1, 0.15) is 84.6 Å². The first-order chi connectivity index (χ1) is 65.7. The second kappa shape index (κ2) is 60.6. The molecule has 0 fully saturated rings. The van der Waals surface area contributed by atoms with Crippen LogP contribution >= 0.6 is 12.6 Å². The Kier molecular flexibility index (Phi) is 50.8. The number of aromatic nitrogens is 3. The van der Waals surface area contributed by atoms with E-state index in [2.05, 4.69) is 129 Å². The van der Waals surface area contributed by atoms with E-state index >= 15 is 4.79 Å². The van der Waals surface area contributed by atoms with Crippen LogP contribution in [-0.4, -0.2) is 297 Å². The second-order valence-corrected chi connectivity index (χ2v) is 33.3. The van der Waals surface area contributed by atoms with Crippen LogP contribution in [0.3, 0.4) is 0 Å². The summed E-state index contributed by atoms with van der Waals surface area (Å²) in [5, 5.41) is 91.1. The third-order valence-corrected chi connectivity index (χ3v) is 21.9. The van der Waals surface area contributed by atoms with Crippen molar-refractivity contribution in [3.8, 4) is 0 Å². The van der Waals surface area contributed by atoms with Crippen molar-refractivity contribution in [2.45, 2.75) is 241 Å². The molecule has 2 heterocycles. The molecule has 2 aromatic carbocycles. The Morgan fingerprint density at radius 1 is 0.424 bits per heavy atom. The van der Waals surface area contributed by atoms with Gasteiger partial charge in [-0.05, 0) is 122 Å². The number of nitrogens with one attached hydrogen (secondary N) is 24. The number of carboxylic acid groups (broad SMARTS) is 1. The maximum absolute atomic E-state index is 15.0. The third kappa shape index (κ3) is 43.0. The minimum Gasteiger partial charge on any atom is -0.480 e. The molecule has 0 unspecified atom stereocenters. The Labute approximate surface area is 805 Å². The number of carbonyl (C=O) groups excluding carboxylic acids is 18. The van der Waals surface area contributed by atoms with Crippen molar-refractivity contribution in [3.05, 3.63) is 90.1 Å². The molecule has 18 amide bonds. The SMILES string of the molecule is CC[C@H](C)[C@H](NC(=O)[C@H](CC(N)=O)NC(=O)[C@H](Cc1c[nH]cn1)NC(=O)[C@H](Cc1ccccc1)NC(=O)[C@H](CCCNC(=N)N)NC(=O)[C@H](CCC(N)=O)NC(=O)[C@H](CCCCN)NC(=O)[C@H](C)NC(=O)[C@H](C)N)C(=O)N[C@@H](C)C(=O)NCC(=O)N[C@@H](CCCNC(=N)N)C(=O)N[C@@H](Cc1c[nH]c2ccccc12)C(=O)N[C@H](C(=O)NCC(=O)N[C@@H](CCCNC(=N)N)C(=O)N[C@@H](CS)C(=O)O)[C@@H](C)O. The molecule has 0 aliphatic heterocycles. The molecule has 139 heavy (non-hydrogen) atoms. The summed E-state index contributed by atoms with van der Waals surface area (Å²) in [6.45, 7) is 6.70. The van der Waals surface area contributed by atoms with Crippen molar-refractivity contribution in [1.29, 1.82) is 16.2 Å². The quantitative estimate of drug-likeness (QED) is 0.00845. The van der Waals surface area contributed by atoms with E-state index in [9.17, 15) is 96.5 Å². The highest BCUT2D eigenvalue weighted by atomic mass is 32.1. The fourth-order valence-corrected chi connectivity index (χ4v) is 13.8.